The van der Waals surface area contributed by atoms with E-state index in [1.54, 1.807) is 20.8 Å². The average Bonchev–Trinajstić information content (AvgIpc) is 2.70. The van der Waals surface area contributed by atoms with E-state index in [4.69, 9.17) is 9.47 Å². The molecule has 0 bridgehead atoms. The normalized spacial score (nSPS) is 21.5. The number of hydrogen-bond donors (Lipinski definition) is 4. The molecule has 1 aliphatic heterocycles. The Labute approximate surface area is 124 Å². The van der Waals surface area contributed by atoms with Crippen LogP contribution in [0.4, 0.5) is 9.59 Å². The van der Waals surface area contributed by atoms with Crippen molar-refractivity contribution in [2.45, 2.75) is 65.0 Å². The fourth-order valence-electron chi connectivity index (χ4n) is 1.92. The van der Waals surface area contributed by atoms with E-state index < -0.39 is 36.2 Å². The molecule has 2 amide bonds. The van der Waals surface area contributed by atoms with Crippen molar-refractivity contribution in [2.75, 3.05) is 0 Å². The number of carbonyl (C=O) groups excluding carboxylic acids is 2. The highest BCUT2D eigenvalue weighted by Crippen LogP contribution is 2.15. The molecule has 0 aromatic carbocycles. The van der Waals surface area contributed by atoms with Crippen molar-refractivity contribution in [3.05, 3.63) is 0 Å². The molecule has 0 saturated carbocycles. The smallest absolute Gasteiger partial charge is 0.423 e. The molecule has 3 atom stereocenters. The molecule has 0 aliphatic carbocycles. The summed E-state index contributed by atoms with van der Waals surface area (Å²) in [6, 6.07) is -0.606. The topological polar surface area (TPSA) is 109 Å². The summed E-state index contributed by atoms with van der Waals surface area (Å²) in [5, 5.41) is 12.9. The van der Waals surface area contributed by atoms with E-state index >= 15 is 0 Å². The van der Waals surface area contributed by atoms with Crippen LogP contribution in [0.5, 0.6) is 0 Å². The van der Waals surface area contributed by atoms with Gasteiger partial charge in [0.2, 0.25) is 0 Å². The third-order valence-electron chi connectivity index (χ3n) is 2.70. The molecule has 4 N–H and O–H groups in total. The fourth-order valence-corrected chi connectivity index (χ4v) is 1.92. The molecule has 1 heterocycles. The van der Waals surface area contributed by atoms with Crippen LogP contribution in [0.25, 0.3) is 0 Å². The molecule has 1 fully saturated rings. The van der Waals surface area contributed by atoms with Crippen molar-refractivity contribution in [2.24, 2.45) is 5.92 Å². The van der Waals surface area contributed by atoms with Crippen molar-refractivity contribution in [3.8, 4) is 0 Å². The van der Waals surface area contributed by atoms with Crippen LogP contribution in [-0.4, -0.2) is 41.3 Å². The van der Waals surface area contributed by atoms with Gasteiger partial charge in [-0.2, -0.15) is 5.43 Å². The van der Waals surface area contributed by atoms with Gasteiger partial charge < -0.3 is 19.9 Å². The number of aliphatic hydroxyl groups excluding tert-OH is 1. The highest BCUT2D eigenvalue weighted by atomic mass is 16.6. The molecule has 0 radical (unpaired) electrons. The maximum Gasteiger partial charge on any atom is 0.423 e. The lowest BCUT2D eigenvalue weighted by Gasteiger charge is -2.29. The summed E-state index contributed by atoms with van der Waals surface area (Å²) in [7, 11) is 0. The standard InChI is InChI=1S/C13H25N3O5/c1-7(2)6-8(14-11(18)21-13(3,4)5)9(17)10-15-16-12(19)20-10/h7-10,15,17H,6H2,1-5H3,(H,14,18)(H,16,19). The van der Waals surface area contributed by atoms with E-state index in [1.165, 1.54) is 0 Å². The van der Waals surface area contributed by atoms with E-state index in [1.807, 2.05) is 13.8 Å². The summed E-state index contributed by atoms with van der Waals surface area (Å²) in [5.41, 5.74) is 4.12. The SMILES string of the molecule is CC(C)CC(NC(=O)OC(C)(C)C)C(O)C1NNC(=O)O1. The number of alkyl carbamates (subject to hydrolysis) is 1. The Morgan fingerprint density at radius 2 is 2.10 bits per heavy atom. The van der Waals surface area contributed by atoms with Gasteiger partial charge in [0.1, 0.15) is 11.7 Å². The minimum absolute atomic E-state index is 0.227. The fraction of sp³-hybridized carbons (Fsp3) is 0.846. The molecular weight excluding hydrogens is 278 g/mol. The van der Waals surface area contributed by atoms with E-state index in [9.17, 15) is 14.7 Å². The Hall–Kier alpha value is -1.54. The molecule has 1 saturated heterocycles. The van der Waals surface area contributed by atoms with Gasteiger partial charge in [-0.25, -0.2) is 9.59 Å². The Morgan fingerprint density at radius 3 is 2.52 bits per heavy atom. The van der Waals surface area contributed by atoms with Crippen molar-refractivity contribution in [3.63, 3.8) is 0 Å². The molecule has 8 heteroatoms. The summed E-state index contributed by atoms with van der Waals surface area (Å²) >= 11 is 0. The molecule has 8 nitrogen and oxygen atoms in total. The van der Waals surface area contributed by atoms with E-state index in [-0.39, 0.29) is 5.92 Å². The van der Waals surface area contributed by atoms with Gasteiger partial charge in [0.05, 0.1) is 6.04 Å². The van der Waals surface area contributed by atoms with Gasteiger partial charge in [0.15, 0.2) is 6.23 Å². The Bertz CT molecular complexity index is 380. The predicted molar refractivity (Wildman–Crippen MR) is 75.2 cm³/mol. The van der Waals surface area contributed by atoms with E-state index in [2.05, 4.69) is 16.2 Å². The second-order valence-corrected chi connectivity index (χ2v) is 6.47. The van der Waals surface area contributed by atoms with Crippen molar-refractivity contribution in [1.29, 1.82) is 0 Å². The summed E-state index contributed by atoms with van der Waals surface area (Å²) in [4.78, 5) is 22.8. The molecule has 0 spiro atoms. The van der Waals surface area contributed by atoms with E-state index in [0.29, 0.717) is 6.42 Å². The van der Waals surface area contributed by atoms with Crippen LogP contribution in [0.1, 0.15) is 41.0 Å². The van der Waals surface area contributed by atoms with Crippen molar-refractivity contribution in [1.82, 2.24) is 16.2 Å². The minimum Gasteiger partial charge on any atom is -0.444 e. The Morgan fingerprint density at radius 1 is 1.48 bits per heavy atom. The molecule has 0 aromatic rings. The monoisotopic (exact) mass is 303 g/mol. The molecular formula is C13H25N3O5. The number of hydrazine groups is 1. The first-order valence-corrected chi connectivity index (χ1v) is 6.98. The zero-order chi connectivity index (χ0) is 16.2. The van der Waals surface area contributed by atoms with E-state index in [0.717, 1.165) is 0 Å². The maximum atomic E-state index is 11.8. The van der Waals surface area contributed by atoms with Crippen LogP contribution in [0.15, 0.2) is 0 Å². The summed E-state index contributed by atoms with van der Waals surface area (Å²) in [6.07, 6.45) is -2.80. The molecule has 1 aliphatic rings. The second kappa shape index (κ2) is 6.95. The Kier molecular flexibility index (Phi) is 5.79. The number of hydrogen-bond acceptors (Lipinski definition) is 6. The van der Waals surface area contributed by atoms with Gasteiger partial charge in [-0.15, -0.1) is 0 Å². The number of nitrogens with one attached hydrogen (secondary N) is 3. The molecule has 1 rings (SSSR count). The zero-order valence-corrected chi connectivity index (χ0v) is 13.1. The summed E-state index contributed by atoms with van der Waals surface area (Å²) in [5.74, 6) is 0.227. The van der Waals surface area contributed by atoms with Crippen LogP contribution in [0.2, 0.25) is 0 Å². The van der Waals surface area contributed by atoms with Gasteiger partial charge in [0, 0.05) is 0 Å². The Balaban J connectivity index is 2.66. The van der Waals surface area contributed by atoms with Gasteiger partial charge >= 0.3 is 12.2 Å². The van der Waals surface area contributed by atoms with Gasteiger partial charge in [-0.3, -0.25) is 5.43 Å². The third-order valence-corrected chi connectivity index (χ3v) is 2.70. The van der Waals surface area contributed by atoms with Crippen LogP contribution in [0, 0.1) is 5.92 Å². The molecule has 3 unspecified atom stereocenters. The number of aliphatic hydroxyl groups is 1. The minimum atomic E-state index is -1.10. The first-order chi connectivity index (χ1) is 9.58. The van der Waals surface area contributed by atoms with Gasteiger partial charge in [0.25, 0.3) is 0 Å². The molecule has 0 aromatic heterocycles. The number of carbonyl (C=O) groups is 2. The number of amides is 2. The predicted octanol–water partition coefficient (Wildman–Crippen LogP) is 0.857. The first-order valence-electron chi connectivity index (χ1n) is 6.98. The van der Waals surface area contributed by atoms with Crippen LogP contribution < -0.4 is 16.2 Å². The number of ether oxygens (including phenoxy) is 2. The summed E-state index contributed by atoms with van der Waals surface area (Å²) < 4.78 is 10.0. The maximum absolute atomic E-state index is 11.8. The summed E-state index contributed by atoms with van der Waals surface area (Å²) in [6.45, 7) is 9.19. The largest absolute Gasteiger partial charge is 0.444 e. The second-order valence-electron chi connectivity index (χ2n) is 6.47. The lowest BCUT2D eigenvalue weighted by atomic mass is 9.98. The van der Waals surface area contributed by atoms with Crippen molar-refractivity contribution >= 4 is 12.2 Å². The quantitative estimate of drug-likeness (QED) is 0.600. The van der Waals surface area contributed by atoms with Gasteiger partial charge in [-0.1, -0.05) is 13.8 Å². The van der Waals surface area contributed by atoms with Crippen LogP contribution in [-0.2, 0) is 9.47 Å². The third kappa shape index (κ3) is 6.17. The molecule has 122 valence electrons. The van der Waals surface area contributed by atoms with Gasteiger partial charge in [-0.05, 0) is 33.1 Å². The zero-order valence-electron chi connectivity index (χ0n) is 13.1. The highest BCUT2D eigenvalue weighted by molar-refractivity contribution is 5.69. The average molecular weight is 303 g/mol. The number of rotatable bonds is 5. The molecule has 21 heavy (non-hydrogen) atoms. The highest BCUT2D eigenvalue weighted by Gasteiger charge is 2.36. The van der Waals surface area contributed by atoms with Crippen LogP contribution >= 0.6 is 0 Å². The van der Waals surface area contributed by atoms with Crippen molar-refractivity contribution < 1.29 is 24.2 Å². The lowest BCUT2D eigenvalue weighted by Crippen LogP contribution is -2.53. The van der Waals surface area contributed by atoms with Crippen LogP contribution in [0.3, 0.4) is 0 Å². The lowest BCUT2D eigenvalue weighted by molar-refractivity contribution is -0.0147. The first kappa shape index (κ1) is 17.5. The number of cyclic esters (lactones) is 1.